The summed E-state index contributed by atoms with van der Waals surface area (Å²) in [5.41, 5.74) is 0.896. The molecule has 0 N–H and O–H groups in total. The Bertz CT molecular complexity index is 473. The maximum absolute atomic E-state index is 11.4. The number of hydrogen-bond donors (Lipinski definition) is 0. The van der Waals surface area contributed by atoms with Crippen LogP contribution in [0.15, 0.2) is 34.6 Å². The summed E-state index contributed by atoms with van der Waals surface area (Å²) >= 11 is 1.47. The zero-order chi connectivity index (χ0) is 11.3. The highest BCUT2D eigenvalue weighted by Gasteiger charge is 2.01. The lowest BCUT2D eigenvalue weighted by Crippen LogP contribution is -2.15. The molecule has 0 spiro atoms. The summed E-state index contributed by atoms with van der Waals surface area (Å²) in [5, 5.41) is 2.65. The Morgan fingerprint density at radius 3 is 2.60 bits per heavy atom. The second kappa shape index (κ2) is 5.46. The number of hydrogen-bond acceptors (Lipinski definition) is 3. The van der Waals surface area contributed by atoms with Gasteiger partial charge in [-0.3, -0.25) is 9.36 Å². The highest BCUT2D eigenvalue weighted by Crippen LogP contribution is 2.11. The fourth-order valence-electron chi connectivity index (χ4n) is 1.04. The second-order valence-corrected chi connectivity index (χ2v) is 3.52. The molecule has 0 atom stereocenters. The second-order valence-electron chi connectivity index (χ2n) is 2.68. The van der Waals surface area contributed by atoms with Crippen molar-refractivity contribution < 1.29 is 0 Å². The van der Waals surface area contributed by atoms with E-state index in [4.69, 9.17) is 0 Å². The van der Waals surface area contributed by atoms with Gasteiger partial charge in [-0.25, -0.2) is 4.98 Å². The molecule has 0 unspecified atom stereocenters. The van der Waals surface area contributed by atoms with Crippen LogP contribution in [-0.2, 0) is 0 Å². The molecule has 3 nitrogen and oxygen atoms in total. The van der Waals surface area contributed by atoms with Crippen molar-refractivity contribution in [2.45, 2.75) is 20.8 Å². The standard InChI is InChI=1S/C9H8N2OS.C2H6/c1-7-6-13-9(10-7)11-5-3-2-4-8(11)12;1-2/h2-6H,1H3;1-2H3. The van der Waals surface area contributed by atoms with Crippen LogP contribution in [0.5, 0.6) is 0 Å². The number of pyridine rings is 1. The fraction of sp³-hybridized carbons (Fsp3) is 0.273. The first-order chi connectivity index (χ1) is 7.27. The first kappa shape index (κ1) is 11.7. The quantitative estimate of drug-likeness (QED) is 0.743. The summed E-state index contributed by atoms with van der Waals surface area (Å²) in [6.45, 7) is 5.91. The van der Waals surface area contributed by atoms with Crippen molar-refractivity contribution in [3.8, 4) is 5.13 Å². The Morgan fingerprint density at radius 1 is 1.33 bits per heavy atom. The van der Waals surface area contributed by atoms with Gasteiger partial charge in [-0.1, -0.05) is 19.9 Å². The Kier molecular flexibility index (Phi) is 4.24. The van der Waals surface area contributed by atoms with Crippen molar-refractivity contribution in [1.29, 1.82) is 0 Å². The summed E-state index contributed by atoms with van der Waals surface area (Å²) in [5.74, 6) is 0. The molecule has 0 aromatic carbocycles. The lowest BCUT2D eigenvalue weighted by atomic mass is 10.5. The molecule has 2 aromatic rings. The first-order valence-electron chi connectivity index (χ1n) is 4.87. The van der Waals surface area contributed by atoms with Crippen LogP contribution < -0.4 is 5.56 Å². The highest BCUT2D eigenvalue weighted by atomic mass is 32.1. The molecule has 0 radical (unpaired) electrons. The third kappa shape index (κ3) is 2.76. The van der Waals surface area contributed by atoms with Gasteiger partial charge in [-0.2, -0.15) is 0 Å². The number of nitrogens with zero attached hydrogens (tertiary/aromatic N) is 2. The monoisotopic (exact) mass is 222 g/mol. The van der Waals surface area contributed by atoms with Crippen LogP contribution in [0.3, 0.4) is 0 Å². The van der Waals surface area contributed by atoms with Crippen molar-refractivity contribution >= 4 is 11.3 Å². The largest absolute Gasteiger partial charge is 0.269 e. The van der Waals surface area contributed by atoms with Crippen LogP contribution in [-0.4, -0.2) is 9.55 Å². The Balaban J connectivity index is 0.000000531. The van der Waals surface area contributed by atoms with Crippen molar-refractivity contribution in [1.82, 2.24) is 9.55 Å². The van der Waals surface area contributed by atoms with Crippen LogP contribution in [0.25, 0.3) is 5.13 Å². The molecule has 15 heavy (non-hydrogen) atoms. The fourth-order valence-corrected chi connectivity index (χ4v) is 1.83. The third-order valence-corrected chi connectivity index (χ3v) is 2.59. The Labute approximate surface area is 93.0 Å². The predicted octanol–water partition coefficient (Wildman–Crippen LogP) is 2.63. The van der Waals surface area contributed by atoms with Crippen LogP contribution in [0.1, 0.15) is 19.5 Å². The minimum atomic E-state index is -0.0446. The van der Waals surface area contributed by atoms with Gasteiger partial charge in [-0.05, 0) is 13.0 Å². The zero-order valence-electron chi connectivity index (χ0n) is 9.10. The summed E-state index contributed by atoms with van der Waals surface area (Å²) in [4.78, 5) is 15.6. The topological polar surface area (TPSA) is 34.9 Å². The van der Waals surface area contributed by atoms with Crippen LogP contribution >= 0.6 is 11.3 Å². The van der Waals surface area contributed by atoms with Gasteiger partial charge in [0.25, 0.3) is 5.56 Å². The molecule has 2 heterocycles. The van der Waals surface area contributed by atoms with E-state index in [1.165, 1.54) is 22.0 Å². The first-order valence-corrected chi connectivity index (χ1v) is 5.75. The van der Waals surface area contributed by atoms with Crippen molar-refractivity contribution in [3.05, 3.63) is 45.8 Å². The van der Waals surface area contributed by atoms with E-state index in [0.717, 1.165) is 10.8 Å². The lowest BCUT2D eigenvalue weighted by Gasteiger charge is -1.97. The van der Waals surface area contributed by atoms with Gasteiger partial charge in [0.1, 0.15) is 0 Å². The summed E-state index contributed by atoms with van der Waals surface area (Å²) in [7, 11) is 0. The molecule has 0 saturated heterocycles. The molecule has 2 rings (SSSR count). The average molecular weight is 222 g/mol. The van der Waals surface area contributed by atoms with E-state index in [1.54, 1.807) is 12.3 Å². The molecular weight excluding hydrogens is 208 g/mol. The molecular formula is C11H14N2OS. The van der Waals surface area contributed by atoms with E-state index >= 15 is 0 Å². The molecule has 0 fully saturated rings. The van der Waals surface area contributed by atoms with E-state index in [2.05, 4.69) is 4.98 Å². The van der Waals surface area contributed by atoms with Crippen molar-refractivity contribution in [2.24, 2.45) is 0 Å². The minimum Gasteiger partial charge on any atom is -0.269 e. The van der Waals surface area contributed by atoms with Crippen LogP contribution in [0.4, 0.5) is 0 Å². The maximum atomic E-state index is 11.4. The number of aryl methyl sites for hydroxylation is 1. The van der Waals surface area contributed by atoms with Gasteiger partial charge in [0.15, 0.2) is 5.13 Å². The Morgan fingerprint density at radius 2 is 2.07 bits per heavy atom. The van der Waals surface area contributed by atoms with Gasteiger partial charge in [-0.15, -0.1) is 11.3 Å². The number of thiazole rings is 1. The van der Waals surface area contributed by atoms with Gasteiger partial charge < -0.3 is 0 Å². The molecule has 0 amide bonds. The molecule has 80 valence electrons. The number of rotatable bonds is 1. The zero-order valence-corrected chi connectivity index (χ0v) is 9.91. The van der Waals surface area contributed by atoms with Crippen LogP contribution in [0, 0.1) is 6.92 Å². The van der Waals surface area contributed by atoms with E-state index in [0.29, 0.717) is 0 Å². The molecule has 0 aliphatic heterocycles. The summed E-state index contributed by atoms with van der Waals surface area (Å²) in [6.07, 6.45) is 1.72. The molecule has 4 heteroatoms. The van der Waals surface area contributed by atoms with Gasteiger partial charge in [0.05, 0.1) is 5.69 Å². The summed E-state index contributed by atoms with van der Waals surface area (Å²) in [6, 6.07) is 5.06. The van der Waals surface area contributed by atoms with E-state index in [9.17, 15) is 4.79 Å². The third-order valence-electron chi connectivity index (χ3n) is 1.64. The molecule has 2 aromatic heterocycles. The molecule has 0 saturated carbocycles. The molecule has 0 aliphatic carbocycles. The SMILES string of the molecule is CC.Cc1csc(-n2ccccc2=O)n1. The Hall–Kier alpha value is -1.42. The average Bonchev–Trinajstić information content (AvgIpc) is 2.68. The highest BCUT2D eigenvalue weighted by molar-refractivity contribution is 7.12. The van der Waals surface area contributed by atoms with Gasteiger partial charge in [0, 0.05) is 17.6 Å². The smallest absolute Gasteiger partial charge is 0.256 e. The van der Waals surface area contributed by atoms with Crippen LogP contribution in [0.2, 0.25) is 0 Å². The molecule has 0 aliphatic rings. The van der Waals surface area contributed by atoms with Gasteiger partial charge in [0.2, 0.25) is 0 Å². The predicted molar refractivity (Wildman–Crippen MR) is 63.8 cm³/mol. The maximum Gasteiger partial charge on any atom is 0.256 e. The van der Waals surface area contributed by atoms with E-state index in [1.807, 2.05) is 32.2 Å². The number of aromatic nitrogens is 2. The normalized spacial score (nSPS) is 9.27. The van der Waals surface area contributed by atoms with Crippen molar-refractivity contribution in [3.63, 3.8) is 0 Å². The summed E-state index contributed by atoms with van der Waals surface area (Å²) < 4.78 is 1.54. The van der Waals surface area contributed by atoms with Gasteiger partial charge >= 0.3 is 0 Å². The molecule has 0 bridgehead atoms. The van der Waals surface area contributed by atoms with E-state index in [-0.39, 0.29) is 5.56 Å². The van der Waals surface area contributed by atoms with E-state index < -0.39 is 0 Å². The lowest BCUT2D eigenvalue weighted by molar-refractivity contribution is 0.963. The minimum absolute atomic E-state index is 0.0446. The van der Waals surface area contributed by atoms with Crippen molar-refractivity contribution in [2.75, 3.05) is 0 Å².